The van der Waals surface area contributed by atoms with Crippen LogP contribution in [0.4, 0.5) is 0 Å². The molecule has 0 N–H and O–H groups in total. The lowest BCUT2D eigenvalue weighted by Crippen LogP contribution is -2.67. The fraction of sp³-hybridized carbons (Fsp3) is 0.565. The minimum atomic E-state index is -0.217. The Morgan fingerprint density at radius 2 is 1.86 bits per heavy atom. The Hall–Kier alpha value is -2.14. The molecule has 1 spiro atoms. The van der Waals surface area contributed by atoms with Crippen molar-refractivity contribution in [2.75, 3.05) is 13.1 Å². The number of β-lactam (4-membered cyclic amide) rings is 1. The van der Waals surface area contributed by atoms with Gasteiger partial charge < -0.3 is 4.90 Å². The van der Waals surface area contributed by atoms with Gasteiger partial charge in [-0.05, 0) is 59.2 Å². The smallest absolute Gasteiger partial charge is 0.232 e. The predicted octanol–water partition coefficient (Wildman–Crippen LogP) is 3.79. The molecule has 2 aliphatic heterocycles. The van der Waals surface area contributed by atoms with E-state index in [9.17, 15) is 4.79 Å². The number of rotatable bonds is 5. The van der Waals surface area contributed by atoms with E-state index in [0.717, 1.165) is 39.0 Å². The first-order valence-electron chi connectivity index (χ1n) is 10.6. The molecule has 150 valence electrons. The Labute approximate surface area is 168 Å². The van der Waals surface area contributed by atoms with Crippen LogP contribution >= 0.6 is 0 Å². The summed E-state index contributed by atoms with van der Waals surface area (Å²) in [5.74, 6) is 0.353. The summed E-state index contributed by atoms with van der Waals surface area (Å²) >= 11 is 0. The van der Waals surface area contributed by atoms with Crippen LogP contribution in [0.1, 0.15) is 56.5 Å². The normalized spacial score (nSPS) is 22.1. The highest BCUT2D eigenvalue weighted by atomic mass is 16.2. The predicted molar refractivity (Wildman–Crippen MR) is 111 cm³/mol. The van der Waals surface area contributed by atoms with E-state index in [1.807, 2.05) is 6.20 Å². The molecular weight excluding hydrogens is 348 g/mol. The lowest BCUT2D eigenvalue weighted by molar-refractivity contribution is -0.185. The molecule has 5 nitrogen and oxygen atoms in total. The number of likely N-dealkylation sites (tertiary alicyclic amines) is 2. The number of piperidine rings is 1. The summed E-state index contributed by atoms with van der Waals surface area (Å²) in [6.07, 6.45) is 3.89. The topological polar surface area (TPSA) is 41.4 Å². The monoisotopic (exact) mass is 380 g/mol. The van der Waals surface area contributed by atoms with Gasteiger partial charge in [0, 0.05) is 30.4 Å². The first-order chi connectivity index (χ1) is 13.5. The molecule has 2 fully saturated rings. The highest BCUT2D eigenvalue weighted by molar-refractivity contribution is 5.91. The molecule has 0 saturated carbocycles. The number of hydrogen-bond acceptors (Lipinski definition) is 3. The summed E-state index contributed by atoms with van der Waals surface area (Å²) in [4.78, 5) is 17.8. The Bertz CT molecular complexity index is 834. The van der Waals surface area contributed by atoms with Crippen molar-refractivity contribution in [1.29, 1.82) is 0 Å². The van der Waals surface area contributed by atoms with E-state index in [1.54, 1.807) is 0 Å². The number of hydrogen-bond donors (Lipinski definition) is 0. The van der Waals surface area contributed by atoms with Crippen molar-refractivity contribution in [2.45, 2.75) is 65.7 Å². The maximum atomic E-state index is 13.2. The average molecular weight is 381 g/mol. The summed E-state index contributed by atoms with van der Waals surface area (Å²) in [6, 6.07) is 11.1. The zero-order valence-electron chi connectivity index (χ0n) is 17.6. The summed E-state index contributed by atoms with van der Waals surface area (Å²) in [5.41, 5.74) is 3.63. The van der Waals surface area contributed by atoms with Crippen LogP contribution in [0.5, 0.6) is 0 Å². The van der Waals surface area contributed by atoms with Crippen LogP contribution in [-0.2, 0) is 17.9 Å². The summed E-state index contributed by atoms with van der Waals surface area (Å²) in [6.45, 7) is 12.3. The molecule has 1 amide bonds. The van der Waals surface area contributed by atoms with E-state index < -0.39 is 0 Å². The first-order valence-corrected chi connectivity index (χ1v) is 10.6. The van der Waals surface area contributed by atoms with Crippen LogP contribution in [0, 0.1) is 12.3 Å². The Balaban J connectivity index is 1.50. The van der Waals surface area contributed by atoms with E-state index in [1.165, 1.54) is 16.8 Å². The molecule has 5 heteroatoms. The fourth-order valence-corrected chi connectivity index (χ4v) is 5.14. The van der Waals surface area contributed by atoms with E-state index in [-0.39, 0.29) is 17.5 Å². The minimum Gasteiger partial charge on any atom is -0.332 e. The largest absolute Gasteiger partial charge is 0.332 e. The van der Waals surface area contributed by atoms with Crippen LogP contribution in [0.3, 0.4) is 0 Å². The third kappa shape index (κ3) is 2.96. The van der Waals surface area contributed by atoms with Gasteiger partial charge in [0.05, 0.1) is 17.7 Å². The Morgan fingerprint density at radius 3 is 2.43 bits per heavy atom. The van der Waals surface area contributed by atoms with Crippen LogP contribution < -0.4 is 0 Å². The molecule has 2 saturated heterocycles. The van der Waals surface area contributed by atoms with Crippen LogP contribution in [0.25, 0.3) is 0 Å². The van der Waals surface area contributed by atoms with Gasteiger partial charge in [-0.25, -0.2) is 0 Å². The second kappa shape index (κ2) is 7.36. The van der Waals surface area contributed by atoms with E-state index >= 15 is 0 Å². The molecule has 0 aliphatic carbocycles. The zero-order valence-corrected chi connectivity index (χ0v) is 17.6. The van der Waals surface area contributed by atoms with E-state index in [4.69, 9.17) is 0 Å². The summed E-state index contributed by atoms with van der Waals surface area (Å²) in [5, 5.41) is 4.48. The van der Waals surface area contributed by atoms with Gasteiger partial charge in [-0.3, -0.25) is 14.4 Å². The number of carbonyl (C=O) groups is 1. The molecule has 1 atom stereocenters. The molecule has 28 heavy (non-hydrogen) atoms. The Morgan fingerprint density at radius 1 is 1.18 bits per heavy atom. The van der Waals surface area contributed by atoms with Crippen molar-refractivity contribution >= 4 is 5.91 Å². The van der Waals surface area contributed by atoms with Crippen LogP contribution in [0.15, 0.2) is 36.5 Å². The van der Waals surface area contributed by atoms with Crippen molar-refractivity contribution in [3.63, 3.8) is 0 Å². The van der Waals surface area contributed by atoms with Gasteiger partial charge in [0.2, 0.25) is 5.91 Å². The minimum absolute atomic E-state index is 0.216. The van der Waals surface area contributed by atoms with Gasteiger partial charge in [-0.2, -0.15) is 5.10 Å². The quantitative estimate of drug-likeness (QED) is 0.741. The molecule has 2 aromatic rings. The summed E-state index contributed by atoms with van der Waals surface area (Å²) in [7, 11) is 0. The maximum absolute atomic E-state index is 13.2. The molecule has 4 rings (SSSR count). The molecule has 1 aromatic carbocycles. The van der Waals surface area contributed by atoms with Crippen molar-refractivity contribution < 1.29 is 4.79 Å². The van der Waals surface area contributed by atoms with Crippen molar-refractivity contribution in [3.05, 3.63) is 53.3 Å². The second-order valence-electron chi connectivity index (χ2n) is 8.62. The SMILES string of the molecule is CCn1ncc(CN2CCC3(CC2)C(=O)N(C(C)C)C3c2ccccc2)c1C. The molecule has 1 aromatic heterocycles. The fourth-order valence-electron chi connectivity index (χ4n) is 5.14. The van der Waals surface area contributed by atoms with Crippen LogP contribution in [-0.4, -0.2) is 44.6 Å². The third-order valence-electron chi connectivity index (χ3n) is 6.78. The highest BCUT2D eigenvalue weighted by Crippen LogP contribution is 2.56. The highest BCUT2D eigenvalue weighted by Gasteiger charge is 2.61. The standard InChI is InChI=1S/C23H32N4O/c1-5-26-18(4)20(15-24-26)16-25-13-11-23(12-14-25)21(19-9-7-6-8-10-19)27(17(2)3)22(23)28/h6-10,15,17,21H,5,11-14,16H2,1-4H3. The molecule has 3 heterocycles. The summed E-state index contributed by atoms with van der Waals surface area (Å²) < 4.78 is 2.06. The van der Waals surface area contributed by atoms with Gasteiger partial charge in [-0.1, -0.05) is 30.3 Å². The van der Waals surface area contributed by atoms with Crippen molar-refractivity contribution in [1.82, 2.24) is 19.6 Å². The zero-order chi connectivity index (χ0) is 19.9. The van der Waals surface area contributed by atoms with Crippen molar-refractivity contribution in [3.8, 4) is 0 Å². The van der Waals surface area contributed by atoms with Gasteiger partial charge in [0.25, 0.3) is 0 Å². The molecular formula is C23H32N4O. The number of carbonyl (C=O) groups excluding carboxylic acids is 1. The van der Waals surface area contributed by atoms with E-state index in [0.29, 0.717) is 5.91 Å². The van der Waals surface area contributed by atoms with Gasteiger partial charge in [0.15, 0.2) is 0 Å². The lowest BCUT2D eigenvalue weighted by atomic mass is 9.61. The first kappa shape index (κ1) is 19.2. The van der Waals surface area contributed by atoms with Crippen LogP contribution in [0.2, 0.25) is 0 Å². The second-order valence-corrected chi connectivity index (χ2v) is 8.62. The van der Waals surface area contributed by atoms with Crippen molar-refractivity contribution in [2.24, 2.45) is 5.41 Å². The molecule has 1 unspecified atom stereocenters. The number of benzene rings is 1. The number of aromatic nitrogens is 2. The number of nitrogens with zero attached hydrogens (tertiary/aromatic N) is 4. The number of aryl methyl sites for hydroxylation is 1. The molecule has 0 bridgehead atoms. The van der Waals surface area contributed by atoms with Gasteiger partial charge in [0.1, 0.15) is 0 Å². The Kier molecular flexibility index (Phi) is 5.04. The third-order valence-corrected chi connectivity index (χ3v) is 6.78. The number of amides is 1. The lowest BCUT2D eigenvalue weighted by Gasteiger charge is -2.60. The average Bonchev–Trinajstić information content (AvgIpc) is 3.06. The molecule has 0 radical (unpaired) electrons. The van der Waals surface area contributed by atoms with Gasteiger partial charge in [-0.15, -0.1) is 0 Å². The van der Waals surface area contributed by atoms with E-state index in [2.05, 4.69) is 77.6 Å². The molecule has 2 aliphatic rings. The maximum Gasteiger partial charge on any atom is 0.232 e. The van der Waals surface area contributed by atoms with Gasteiger partial charge >= 0.3 is 0 Å².